The monoisotopic (exact) mass is 232 g/mol. The molecule has 0 radical (unpaired) electrons. The molecular formula is C12H16N4O. The second kappa shape index (κ2) is 5.60. The molecule has 90 valence electrons. The number of hydrogen-bond acceptors (Lipinski definition) is 5. The Morgan fingerprint density at radius 2 is 2.18 bits per heavy atom. The molecule has 0 saturated carbocycles. The van der Waals surface area contributed by atoms with Gasteiger partial charge in [-0.1, -0.05) is 0 Å². The smallest absolute Gasteiger partial charge is 0.158 e. The predicted molar refractivity (Wildman–Crippen MR) is 63.4 cm³/mol. The fraction of sp³-hybridized carbons (Fsp3) is 0.583. The highest BCUT2D eigenvalue weighted by molar-refractivity contribution is 5.34. The van der Waals surface area contributed by atoms with E-state index >= 15 is 0 Å². The van der Waals surface area contributed by atoms with Gasteiger partial charge in [0, 0.05) is 19.3 Å². The van der Waals surface area contributed by atoms with Gasteiger partial charge in [-0.3, -0.25) is 0 Å². The maximum absolute atomic E-state index is 8.63. The summed E-state index contributed by atoms with van der Waals surface area (Å²) in [5.74, 6) is 1.34. The Balaban J connectivity index is 1.92. The van der Waals surface area contributed by atoms with Gasteiger partial charge in [0.15, 0.2) is 5.69 Å². The van der Waals surface area contributed by atoms with E-state index in [9.17, 15) is 0 Å². The molecule has 2 rings (SSSR count). The lowest BCUT2D eigenvalue weighted by atomic mass is 9.93. The molecule has 1 atom stereocenters. The van der Waals surface area contributed by atoms with Crippen LogP contribution in [0.2, 0.25) is 0 Å². The van der Waals surface area contributed by atoms with Crippen LogP contribution in [0.3, 0.4) is 0 Å². The van der Waals surface area contributed by atoms with Gasteiger partial charge in [0.25, 0.3) is 0 Å². The zero-order chi connectivity index (χ0) is 12.1. The van der Waals surface area contributed by atoms with Crippen molar-refractivity contribution in [3.63, 3.8) is 0 Å². The van der Waals surface area contributed by atoms with E-state index in [-0.39, 0.29) is 0 Å². The first-order valence-corrected chi connectivity index (χ1v) is 5.86. The first-order valence-electron chi connectivity index (χ1n) is 5.86. The summed E-state index contributed by atoms with van der Waals surface area (Å²) in [5.41, 5.74) is 0.342. The van der Waals surface area contributed by atoms with Crippen LogP contribution in [-0.2, 0) is 4.74 Å². The number of nitrogens with zero attached hydrogens (tertiary/aromatic N) is 3. The number of ether oxygens (including phenoxy) is 1. The minimum absolute atomic E-state index is 0.342. The van der Waals surface area contributed by atoms with E-state index in [1.807, 2.05) is 6.07 Å². The standard InChI is InChI=1S/C12H16N4O/c1-9(10-2-4-17-5-3-10)16-12-8-14-11(6-13)7-15-12/h7-10H,2-5H2,1H3,(H,15,16). The van der Waals surface area contributed by atoms with Gasteiger partial charge in [0.05, 0.1) is 12.4 Å². The predicted octanol–water partition coefficient (Wildman–Crippen LogP) is 1.58. The maximum Gasteiger partial charge on any atom is 0.158 e. The zero-order valence-electron chi connectivity index (χ0n) is 9.89. The molecule has 1 saturated heterocycles. The van der Waals surface area contributed by atoms with Crippen molar-refractivity contribution in [3.8, 4) is 6.07 Å². The van der Waals surface area contributed by atoms with Crippen molar-refractivity contribution in [1.29, 1.82) is 5.26 Å². The van der Waals surface area contributed by atoms with Crippen molar-refractivity contribution in [1.82, 2.24) is 9.97 Å². The van der Waals surface area contributed by atoms with Gasteiger partial charge >= 0.3 is 0 Å². The van der Waals surface area contributed by atoms with Gasteiger partial charge in [-0.15, -0.1) is 0 Å². The van der Waals surface area contributed by atoms with Crippen LogP contribution in [0, 0.1) is 17.2 Å². The molecule has 1 aromatic heterocycles. The molecule has 1 unspecified atom stereocenters. The lowest BCUT2D eigenvalue weighted by molar-refractivity contribution is 0.0622. The quantitative estimate of drug-likeness (QED) is 0.856. The number of rotatable bonds is 3. The van der Waals surface area contributed by atoms with Crippen LogP contribution >= 0.6 is 0 Å². The third kappa shape index (κ3) is 3.14. The summed E-state index contributed by atoms with van der Waals surface area (Å²) in [6.07, 6.45) is 5.25. The van der Waals surface area contributed by atoms with Gasteiger partial charge in [-0.05, 0) is 25.7 Å². The molecule has 17 heavy (non-hydrogen) atoms. The average Bonchev–Trinajstić information content (AvgIpc) is 2.40. The van der Waals surface area contributed by atoms with E-state index in [1.54, 1.807) is 6.20 Å². The highest BCUT2D eigenvalue weighted by atomic mass is 16.5. The molecule has 0 bridgehead atoms. The highest BCUT2D eigenvalue weighted by Crippen LogP contribution is 2.20. The molecule has 1 N–H and O–H groups in total. The Kier molecular flexibility index (Phi) is 3.89. The number of anilines is 1. The number of nitrogens with one attached hydrogen (secondary N) is 1. The van der Waals surface area contributed by atoms with E-state index in [0.717, 1.165) is 31.9 Å². The summed E-state index contributed by atoms with van der Waals surface area (Å²) >= 11 is 0. The van der Waals surface area contributed by atoms with Gasteiger partial charge in [-0.25, -0.2) is 9.97 Å². The molecule has 5 heteroatoms. The fourth-order valence-electron chi connectivity index (χ4n) is 2.03. The summed E-state index contributed by atoms with van der Waals surface area (Å²) in [6, 6.07) is 2.30. The van der Waals surface area contributed by atoms with Crippen molar-refractivity contribution in [3.05, 3.63) is 18.1 Å². The van der Waals surface area contributed by atoms with Crippen LogP contribution in [0.4, 0.5) is 5.82 Å². The fourth-order valence-corrected chi connectivity index (χ4v) is 2.03. The van der Waals surface area contributed by atoms with Crippen molar-refractivity contribution in [2.75, 3.05) is 18.5 Å². The first kappa shape index (κ1) is 11.8. The van der Waals surface area contributed by atoms with E-state index in [0.29, 0.717) is 17.7 Å². The molecule has 0 aliphatic carbocycles. The Morgan fingerprint density at radius 3 is 2.76 bits per heavy atom. The number of aromatic nitrogens is 2. The molecule has 1 aliphatic heterocycles. The maximum atomic E-state index is 8.63. The van der Waals surface area contributed by atoms with Crippen LogP contribution in [0.15, 0.2) is 12.4 Å². The Hall–Kier alpha value is -1.67. The topological polar surface area (TPSA) is 70.8 Å². The van der Waals surface area contributed by atoms with Crippen molar-refractivity contribution in [2.24, 2.45) is 5.92 Å². The summed E-state index contributed by atoms with van der Waals surface area (Å²) < 4.78 is 5.34. The SMILES string of the molecule is CC(Nc1cnc(C#N)cn1)C1CCOCC1. The first-order chi connectivity index (χ1) is 8.29. The largest absolute Gasteiger partial charge is 0.381 e. The molecule has 2 heterocycles. The molecule has 1 fully saturated rings. The Morgan fingerprint density at radius 1 is 1.41 bits per heavy atom. The molecular weight excluding hydrogens is 216 g/mol. The molecule has 1 aromatic rings. The Labute approximate surface area is 101 Å². The lowest BCUT2D eigenvalue weighted by Gasteiger charge is -2.28. The average molecular weight is 232 g/mol. The molecule has 0 spiro atoms. The van der Waals surface area contributed by atoms with Crippen LogP contribution in [-0.4, -0.2) is 29.2 Å². The Bertz CT molecular complexity index is 392. The van der Waals surface area contributed by atoms with Gasteiger partial charge in [-0.2, -0.15) is 5.26 Å². The third-order valence-corrected chi connectivity index (χ3v) is 3.12. The summed E-state index contributed by atoms with van der Waals surface area (Å²) in [5, 5.41) is 12.0. The minimum Gasteiger partial charge on any atom is -0.381 e. The summed E-state index contributed by atoms with van der Waals surface area (Å²) in [4.78, 5) is 8.14. The van der Waals surface area contributed by atoms with Crippen LogP contribution in [0.25, 0.3) is 0 Å². The van der Waals surface area contributed by atoms with Crippen LogP contribution in [0.1, 0.15) is 25.5 Å². The van der Waals surface area contributed by atoms with Crippen LogP contribution in [0.5, 0.6) is 0 Å². The van der Waals surface area contributed by atoms with Crippen molar-refractivity contribution < 1.29 is 4.74 Å². The minimum atomic E-state index is 0.342. The second-order valence-electron chi connectivity index (χ2n) is 4.28. The summed E-state index contributed by atoms with van der Waals surface area (Å²) in [7, 11) is 0. The van der Waals surface area contributed by atoms with Gasteiger partial charge < -0.3 is 10.1 Å². The van der Waals surface area contributed by atoms with Gasteiger partial charge in [0.2, 0.25) is 0 Å². The highest BCUT2D eigenvalue weighted by Gasteiger charge is 2.20. The van der Waals surface area contributed by atoms with Crippen molar-refractivity contribution in [2.45, 2.75) is 25.8 Å². The number of hydrogen-bond donors (Lipinski definition) is 1. The van der Waals surface area contributed by atoms with E-state index < -0.39 is 0 Å². The van der Waals surface area contributed by atoms with E-state index in [4.69, 9.17) is 10.00 Å². The third-order valence-electron chi connectivity index (χ3n) is 3.12. The van der Waals surface area contributed by atoms with Crippen molar-refractivity contribution >= 4 is 5.82 Å². The normalized spacial score (nSPS) is 18.4. The zero-order valence-corrected chi connectivity index (χ0v) is 9.89. The lowest BCUT2D eigenvalue weighted by Crippen LogP contribution is -2.31. The summed E-state index contributed by atoms with van der Waals surface area (Å²) in [6.45, 7) is 3.83. The molecule has 0 aromatic carbocycles. The molecule has 5 nitrogen and oxygen atoms in total. The van der Waals surface area contributed by atoms with E-state index in [1.165, 1.54) is 6.20 Å². The van der Waals surface area contributed by atoms with E-state index in [2.05, 4.69) is 22.2 Å². The molecule has 0 amide bonds. The van der Waals surface area contributed by atoms with Crippen LogP contribution < -0.4 is 5.32 Å². The second-order valence-corrected chi connectivity index (χ2v) is 4.28. The van der Waals surface area contributed by atoms with Gasteiger partial charge in [0.1, 0.15) is 11.9 Å². The molecule has 1 aliphatic rings. The number of nitriles is 1.